The highest BCUT2D eigenvalue weighted by Crippen LogP contribution is 2.48. The Labute approximate surface area is 222 Å². The van der Waals surface area contributed by atoms with Crippen molar-refractivity contribution in [1.29, 1.82) is 0 Å². The lowest BCUT2D eigenvalue weighted by atomic mass is 10.1. The number of rotatable bonds is 9. The topological polar surface area (TPSA) is 135 Å². The first-order valence-corrected chi connectivity index (χ1v) is 13.3. The molecule has 39 heavy (non-hydrogen) atoms. The average molecular weight is 557 g/mol. The maximum absolute atomic E-state index is 15.7. The fourth-order valence-electron chi connectivity index (χ4n) is 3.77. The van der Waals surface area contributed by atoms with Crippen molar-refractivity contribution in [3.05, 3.63) is 106 Å². The van der Waals surface area contributed by atoms with E-state index < -0.39 is 49.8 Å². The second-order valence-corrected chi connectivity index (χ2v) is 10.3. The molecule has 1 aliphatic rings. The molecule has 1 N–H and O–H groups in total. The number of alkyl halides is 1. The van der Waals surface area contributed by atoms with Crippen molar-refractivity contribution in [3.8, 4) is 0 Å². The first-order valence-electron chi connectivity index (χ1n) is 11.7. The van der Waals surface area contributed by atoms with Gasteiger partial charge >= 0.3 is 19.3 Å². The number of nitrogens with zero attached hydrogens (tertiary/aromatic N) is 2. The van der Waals surface area contributed by atoms with Gasteiger partial charge in [-0.2, -0.15) is 4.98 Å². The summed E-state index contributed by atoms with van der Waals surface area (Å²) < 4.78 is 49.9. The van der Waals surface area contributed by atoms with E-state index in [4.69, 9.17) is 18.5 Å². The summed E-state index contributed by atoms with van der Waals surface area (Å²) in [5, 5.41) is 2.50. The molecule has 0 radical (unpaired) electrons. The Morgan fingerprint density at radius 2 is 1.64 bits per heavy atom. The zero-order chi connectivity index (χ0) is 28.0. The SMILES string of the molecule is COP(=O)(/C=C/[C@H]1OC(n2ccc(NC(=O)c3ccccc3)nc2=O)[C@H](F)[C@@H]1OC(=O)c1ccccc1)OC. The van der Waals surface area contributed by atoms with Crippen LogP contribution >= 0.6 is 7.60 Å². The Morgan fingerprint density at radius 1 is 1.03 bits per heavy atom. The molecule has 0 aliphatic carbocycles. The van der Waals surface area contributed by atoms with Crippen LogP contribution in [0, 0.1) is 0 Å². The smallest absolute Gasteiger partial charge is 0.353 e. The van der Waals surface area contributed by atoms with Crippen LogP contribution in [0.2, 0.25) is 0 Å². The number of aromatic nitrogens is 2. The summed E-state index contributed by atoms with van der Waals surface area (Å²) in [6, 6.07) is 17.5. The highest BCUT2D eigenvalue weighted by Gasteiger charge is 2.48. The van der Waals surface area contributed by atoms with E-state index in [0.29, 0.717) is 5.56 Å². The Hall–Kier alpha value is -3.96. The minimum Gasteiger partial charge on any atom is -0.452 e. The minimum absolute atomic E-state index is 0.0527. The van der Waals surface area contributed by atoms with Crippen molar-refractivity contribution in [1.82, 2.24) is 9.55 Å². The third kappa shape index (κ3) is 6.55. The van der Waals surface area contributed by atoms with Crippen molar-refractivity contribution < 1.29 is 37.1 Å². The number of hydrogen-bond donors (Lipinski definition) is 1. The molecule has 11 nitrogen and oxygen atoms in total. The zero-order valence-corrected chi connectivity index (χ0v) is 21.8. The summed E-state index contributed by atoms with van der Waals surface area (Å²) in [5.74, 6) is -0.306. The molecular formula is C26H25FN3O8P. The average Bonchev–Trinajstić information content (AvgIpc) is 3.27. The number of anilines is 1. The molecule has 1 amide bonds. The van der Waals surface area contributed by atoms with Crippen LogP contribution in [-0.4, -0.2) is 54.0 Å². The molecule has 4 atom stereocenters. The second kappa shape index (κ2) is 12.3. The molecule has 204 valence electrons. The van der Waals surface area contributed by atoms with Crippen molar-refractivity contribution in [3.63, 3.8) is 0 Å². The molecule has 2 heterocycles. The molecule has 1 fully saturated rings. The van der Waals surface area contributed by atoms with E-state index in [2.05, 4.69) is 10.3 Å². The van der Waals surface area contributed by atoms with Gasteiger partial charge in [-0.25, -0.2) is 14.0 Å². The van der Waals surface area contributed by atoms with E-state index in [0.717, 1.165) is 10.4 Å². The Kier molecular flexibility index (Phi) is 8.82. The fraction of sp³-hybridized carbons (Fsp3) is 0.231. The Bertz CT molecular complexity index is 1440. The van der Waals surface area contributed by atoms with Gasteiger partial charge in [0.1, 0.15) is 11.9 Å². The number of carbonyl (C=O) groups is 2. The molecule has 4 rings (SSSR count). The Balaban J connectivity index is 1.59. The predicted molar refractivity (Wildman–Crippen MR) is 138 cm³/mol. The standard InChI is InChI=1S/C26H25FN3O8P/c1-35-39(34,36-2)16-14-19-22(38-25(32)18-11-7-4-8-12-18)21(27)24(37-19)30-15-13-20(29-26(30)33)28-23(31)17-9-5-3-6-10-17/h3-16,19,21-22,24H,1-2H3,(H,28,29,31,33)/b16-14+/t19-,21-,22-,24?/m1/s1. The van der Waals surface area contributed by atoms with Gasteiger partial charge in [-0.05, 0) is 36.4 Å². The Morgan fingerprint density at radius 3 is 2.23 bits per heavy atom. The molecule has 0 spiro atoms. The molecule has 1 aliphatic heterocycles. The molecule has 2 aromatic carbocycles. The number of nitrogens with one attached hydrogen (secondary N) is 1. The number of carbonyl (C=O) groups excluding carboxylic acids is 2. The fourth-order valence-corrected chi connectivity index (χ4v) is 4.54. The quantitative estimate of drug-likeness (QED) is 0.306. The van der Waals surface area contributed by atoms with Gasteiger partial charge in [0.2, 0.25) is 0 Å². The molecule has 1 unspecified atom stereocenters. The third-order valence-electron chi connectivity index (χ3n) is 5.81. The number of ether oxygens (including phenoxy) is 2. The monoisotopic (exact) mass is 557 g/mol. The van der Waals surface area contributed by atoms with Gasteiger partial charge in [0, 0.05) is 31.8 Å². The van der Waals surface area contributed by atoms with E-state index in [-0.39, 0.29) is 11.4 Å². The van der Waals surface area contributed by atoms with Gasteiger partial charge in [0.05, 0.1) is 5.56 Å². The first kappa shape index (κ1) is 28.1. The first-order chi connectivity index (χ1) is 18.7. The van der Waals surface area contributed by atoms with Crippen molar-refractivity contribution in [2.75, 3.05) is 19.5 Å². The highest BCUT2D eigenvalue weighted by atomic mass is 31.2. The summed E-state index contributed by atoms with van der Waals surface area (Å²) in [4.78, 5) is 41.7. The van der Waals surface area contributed by atoms with Gasteiger partial charge in [0.25, 0.3) is 5.91 Å². The van der Waals surface area contributed by atoms with Crippen molar-refractivity contribution in [2.45, 2.75) is 24.6 Å². The van der Waals surface area contributed by atoms with Gasteiger partial charge < -0.3 is 23.8 Å². The van der Waals surface area contributed by atoms with E-state index in [9.17, 15) is 18.9 Å². The van der Waals surface area contributed by atoms with E-state index >= 15 is 4.39 Å². The molecule has 13 heteroatoms. The normalized spacial score (nSPS) is 21.1. The highest BCUT2D eigenvalue weighted by molar-refractivity contribution is 7.57. The number of hydrogen-bond acceptors (Lipinski definition) is 9. The number of benzene rings is 2. The van der Waals surface area contributed by atoms with Crippen molar-refractivity contribution >= 4 is 25.3 Å². The zero-order valence-electron chi connectivity index (χ0n) is 20.9. The van der Waals surface area contributed by atoms with Crippen LogP contribution in [0.3, 0.4) is 0 Å². The van der Waals surface area contributed by atoms with Gasteiger partial charge in [-0.1, -0.05) is 36.4 Å². The summed E-state index contributed by atoms with van der Waals surface area (Å²) in [6.07, 6.45) is -3.98. The van der Waals surface area contributed by atoms with Crippen LogP contribution in [0.5, 0.6) is 0 Å². The molecule has 0 bridgehead atoms. The minimum atomic E-state index is -3.66. The van der Waals surface area contributed by atoms with Crippen LogP contribution in [0.25, 0.3) is 0 Å². The maximum Gasteiger partial charge on any atom is 0.353 e. The van der Waals surface area contributed by atoms with E-state index in [1.54, 1.807) is 48.5 Å². The van der Waals surface area contributed by atoms with Crippen LogP contribution in [-0.2, 0) is 23.1 Å². The molecular weight excluding hydrogens is 532 g/mol. The van der Waals surface area contributed by atoms with Crippen LogP contribution in [0.15, 0.2) is 89.6 Å². The van der Waals surface area contributed by atoms with Gasteiger partial charge in [-0.3, -0.25) is 13.9 Å². The molecule has 1 aromatic heterocycles. The molecule has 0 saturated carbocycles. The lowest BCUT2D eigenvalue weighted by Crippen LogP contribution is -2.35. The van der Waals surface area contributed by atoms with Crippen LogP contribution < -0.4 is 11.0 Å². The summed E-state index contributed by atoms with van der Waals surface area (Å²) in [7, 11) is -1.33. The van der Waals surface area contributed by atoms with E-state index in [1.807, 2.05) is 0 Å². The molecule has 3 aromatic rings. The lowest BCUT2D eigenvalue weighted by Gasteiger charge is -2.18. The van der Waals surface area contributed by atoms with Gasteiger partial charge in [-0.15, -0.1) is 0 Å². The number of halogens is 1. The lowest BCUT2D eigenvalue weighted by molar-refractivity contribution is -0.0102. The summed E-state index contributed by atoms with van der Waals surface area (Å²) in [5.41, 5.74) is -0.396. The summed E-state index contributed by atoms with van der Waals surface area (Å²) >= 11 is 0. The summed E-state index contributed by atoms with van der Waals surface area (Å²) in [6.45, 7) is 0. The van der Waals surface area contributed by atoms with Crippen LogP contribution in [0.1, 0.15) is 26.9 Å². The second-order valence-electron chi connectivity index (χ2n) is 8.24. The third-order valence-corrected chi connectivity index (χ3v) is 7.36. The van der Waals surface area contributed by atoms with Crippen LogP contribution in [0.4, 0.5) is 10.2 Å². The van der Waals surface area contributed by atoms with E-state index in [1.165, 1.54) is 44.7 Å². The molecule has 1 saturated heterocycles. The van der Waals surface area contributed by atoms with Crippen molar-refractivity contribution in [2.24, 2.45) is 0 Å². The predicted octanol–water partition coefficient (Wildman–Crippen LogP) is 3.96. The largest absolute Gasteiger partial charge is 0.452 e. The maximum atomic E-state index is 15.7. The van der Waals surface area contributed by atoms with Gasteiger partial charge in [0.15, 0.2) is 18.5 Å². The number of amides is 1. The number of esters is 1.